The van der Waals surface area contributed by atoms with Crippen LogP contribution in [0, 0.1) is 0 Å². The van der Waals surface area contributed by atoms with Crippen LogP contribution in [-0.2, 0) is 4.79 Å². The number of hydrogen-bond acceptors (Lipinski definition) is 3. The standard InChI is InChI=1S/C13H17ClN2O2/c14-11-5-1-2-6-12(11)18-9-13(17)16-7-3-4-10(15)8-16/h1-2,5-6,10H,3-4,7-9,15H2/t10-/m1/s1. The fourth-order valence-electron chi connectivity index (χ4n) is 2.03. The van der Waals surface area contributed by atoms with Gasteiger partial charge in [-0.2, -0.15) is 0 Å². The summed E-state index contributed by atoms with van der Waals surface area (Å²) in [7, 11) is 0. The van der Waals surface area contributed by atoms with Crippen LogP contribution >= 0.6 is 11.6 Å². The van der Waals surface area contributed by atoms with Gasteiger partial charge in [-0.1, -0.05) is 23.7 Å². The van der Waals surface area contributed by atoms with Crippen molar-refractivity contribution in [2.24, 2.45) is 5.73 Å². The minimum atomic E-state index is -0.0370. The molecule has 18 heavy (non-hydrogen) atoms. The Morgan fingerprint density at radius 3 is 3.00 bits per heavy atom. The number of halogens is 1. The Morgan fingerprint density at radius 1 is 1.50 bits per heavy atom. The second kappa shape index (κ2) is 6.07. The van der Waals surface area contributed by atoms with Crippen molar-refractivity contribution in [2.75, 3.05) is 19.7 Å². The van der Waals surface area contributed by atoms with Crippen LogP contribution < -0.4 is 10.5 Å². The quantitative estimate of drug-likeness (QED) is 0.907. The summed E-state index contributed by atoms with van der Waals surface area (Å²) in [4.78, 5) is 13.7. The summed E-state index contributed by atoms with van der Waals surface area (Å²) >= 11 is 5.95. The molecular formula is C13H17ClN2O2. The van der Waals surface area contributed by atoms with Crippen molar-refractivity contribution in [3.05, 3.63) is 29.3 Å². The second-order valence-electron chi connectivity index (χ2n) is 4.46. The van der Waals surface area contributed by atoms with Gasteiger partial charge in [0.1, 0.15) is 5.75 Å². The van der Waals surface area contributed by atoms with Crippen molar-refractivity contribution in [1.29, 1.82) is 0 Å². The summed E-state index contributed by atoms with van der Waals surface area (Å²) in [6.07, 6.45) is 1.94. The Balaban J connectivity index is 1.86. The lowest BCUT2D eigenvalue weighted by molar-refractivity contribution is -0.134. The van der Waals surface area contributed by atoms with E-state index in [1.54, 1.807) is 17.0 Å². The number of likely N-dealkylation sites (tertiary alicyclic amines) is 1. The molecule has 5 heteroatoms. The van der Waals surface area contributed by atoms with E-state index in [4.69, 9.17) is 22.1 Å². The van der Waals surface area contributed by atoms with Gasteiger partial charge < -0.3 is 15.4 Å². The fourth-order valence-corrected chi connectivity index (χ4v) is 2.22. The first-order valence-electron chi connectivity index (χ1n) is 6.07. The number of carbonyl (C=O) groups excluding carboxylic acids is 1. The molecule has 0 spiro atoms. The lowest BCUT2D eigenvalue weighted by Gasteiger charge is -2.30. The van der Waals surface area contributed by atoms with E-state index in [0.29, 0.717) is 17.3 Å². The zero-order valence-electron chi connectivity index (χ0n) is 10.1. The number of hydrogen-bond donors (Lipinski definition) is 1. The smallest absolute Gasteiger partial charge is 0.260 e. The van der Waals surface area contributed by atoms with Crippen LogP contribution in [-0.4, -0.2) is 36.5 Å². The highest BCUT2D eigenvalue weighted by molar-refractivity contribution is 6.32. The van der Waals surface area contributed by atoms with Crippen LogP contribution in [0.3, 0.4) is 0 Å². The van der Waals surface area contributed by atoms with Crippen molar-refractivity contribution >= 4 is 17.5 Å². The average Bonchev–Trinajstić information content (AvgIpc) is 2.37. The molecule has 1 amide bonds. The molecule has 2 rings (SSSR count). The Hall–Kier alpha value is -1.26. The van der Waals surface area contributed by atoms with E-state index in [1.165, 1.54) is 0 Å². The van der Waals surface area contributed by atoms with Gasteiger partial charge in [0.15, 0.2) is 6.61 Å². The number of piperidine rings is 1. The van der Waals surface area contributed by atoms with Crippen LogP contribution in [0.2, 0.25) is 5.02 Å². The highest BCUT2D eigenvalue weighted by atomic mass is 35.5. The number of amides is 1. The summed E-state index contributed by atoms with van der Waals surface area (Å²) in [5.74, 6) is 0.499. The molecule has 4 nitrogen and oxygen atoms in total. The molecule has 1 aliphatic heterocycles. The molecule has 0 radical (unpaired) electrons. The Labute approximate surface area is 112 Å². The molecule has 0 bridgehead atoms. The van der Waals surface area contributed by atoms with Crippen molar-refractivity contribution in [3.63, 3.8) is 0 Å². The number of nitrogens with two attached hydrogens (primary N) is 1. The van der Waals surface area contributed by atoms with Crippen LogP contribution in [0.1, 0.15) is 12.8 Å². The molecule has 1 atom stereocenters. The zero-order valence-corrected chi connectivity index (χ0v) is 10.9. The van der Waals surface area contributed by atoms with Crippen molar-refractivity contribution < 1.29 is 9.53 Å². The number of carbonyl (C=O) groups is 1. The van der Waals surface area contributed by atoms with Gasteiger partial charge in [-0.3, -0.25) is 4.79 Å². The molecule has 1 aromatic carbocycles. The molecule has 0 saturated carbocycles. The van der Waals surface area contributed by atoms with E-state index >= 15 is 0 Å². The first kappa shape index (κ1) is 13.2. The number of ether oxygens (including phenoxy) is 1. The minimum Gasteiger partial charge on any atom is -0.482 e. The van der Waals surface area contributed by atoms with E-state index in [9.17, 15) is 4.79 Å². The third-order valence-electron chi connectivity index (χ3n) is 3.00. The second-order valence-corrected chi connectivity index (χ2v) is 4.87. The predicted octanol–water partition coefficient (Wildman–Crippen LogP) is 1.67. The third-order valence-corrected chi connectivity index (χ3v) is 3.31. The van der Waals surface area contributed by atoms with Crippen molar-refractivity contribution in [3.8, 4) is 5.75 Å². The van der Waals surface area contributed by atoms with Crippen molar-refractivity contribution in [1.82, 2.24) is 4.90 Å². The monoisotopic (exact) mass is 268 g/mol. The van der Waals surface area contributed by atoms with Gasteiger partial charge >= 0.3 is 0 Å². The molecule has 1 aliphatic rings. The number of benzene rings is 1. The van der Waals surface area contributed by atoms with Gasteiger partial charge in [0, 0.05) is 19.1 Å². The Bertz CT molecular complexity index is 425. The summed E-state index contributed by atoms with van der Waals surface area (Å²) in [6.45, 7) is 1.39. The van der Waals surface area contributed by atoms with E-state index < -0.39 is 0 Å². The summed E-state index contributed by atoms with van der Waals surface area (Å²) in [5.41, 5.74) is 5.84. The minimum absolute atomic E-state index is 0.0104. The molecule has 98 valence electrons. The largest absolute Gasteiger partial charge is 0.482 e. The van der Waals surface area contributed by atoms with E-state index in [1.807, 2.05) is 12.1 Å². The Morgan fingerprint density at radius 2 is 2.28 bits per heavy atom. The highest BCUT2D eigenvalue weighted by Crippen LogP contribution is 2.23. The third kappa shape index (κ3) is 3.37. The number of para-hydroxylation sites is 1. The van der Waals surface area contributed by atoms with Gasteiger partial charge in [0.2, 0.25) is 0 Å². The molecule has 1 saturated heterocycles. The van der Waals surface area contributed by atoms with E-state index in [-0.39, 0.29) is 18.6 Å². The maximum Gasteiger partial charge on any atom is 0.260 e. The van der Waals surface area contributed by atoms with Gasteiger partial charge in [-0.05, 0) is 25.0 Å². The fraction of sp³-hybridized carbons (Fsp3) is 0.462. The maximum absolute atomic E-state index is 11.9. The van der Waals surface area contributed by atoms with Gasteiger partial charge in [-0.25, -0.2) is 0 Å². The van der Waals surface area contributed by atoms with Gasteiger partial charge in [0.25, 0.3) is 5.91 Å². The summed E-state index contributed by atoms with van der Waals surface area (Å²) < 4.78 is 5.42. The summed E-state index contributed by atoms with van der Waals surface area (Å²) in [5, 5.41) is 0.514. The highest BCUT2D eigenvalue weighted by Gasteiger charge is 2.21. The maximum atomic E-state index is 11.9. The van der Waals surface area contributed by atoms with Crippen molar-refractivity contribution in [2.45, 2.75) is 18.9 Å². The molecule has 1 aromatic rings. The molecule has 0 aliphatic carbocycles. The lowest BCUT2D eigenvalue weighted by atomic mass is 10.1. The molecule has 0 aromatic heterocycles. The van der Waals surface area contributed by atoms with Crippen LogP contribution in [0.25, 0.3) is 0 Å². The summed E-state index contributed by atoms with van der Waals surface area (Å²) in [6, 6.07) is 7.21. The number of rotatable bonds is 3. The van der Waals surface area contributed by atoms with Crippen LogP contribution in [0.15, 0.2) is 24.3 Å². The lowest BCUT2D eigenvalue weighted by Crippen LogP contribution is -2.47. The molecule has 1 heterocycles. The van der Waals surface area contributed by atoms with E-state index in [0.717, 1.165) is 19.4 Å². The number of nitrogens with zero attached hydrogens (tertiary/aromatic N) is 1. The first-order valence-corrected chi connectivity index (χ1v) is 6.45. The van der Waals surface area contributed by atoms with Crippen LogP contribution in [0.4, 0.5) is 0 Å². The SMILES string of the molecule is N[C@@H]1CCCN(C(=O)COc2ccccc2Cl)C1. The normalized spacial score (nSPS) is 19.7. The van der Waals surface area contributed by atoms with Crippen LogP contribution in [0.5, 0.6) is 5.75 Å². The molecule has 0 unspecified atom stereocenters. The van der Waals surface area contributed by atoms with Gasteiger partial charge in [0.05, 0.1) is 5.02 Å². The average molecular weight is 269 g/mol. The first-order chi connectivity index (χ1) is 8.66. The predicted molar refractivity (Wildman–Crippen MR) is 70.7 cm³/mol. The molecule has 2 N–H and O–H groups in total. The molecule has 1 fully saturated rings. The Kier molecular flexibility index (Phi) is 4.44. The van der Waals surface area contributed by atoms with E-state index in [2.05, 4.69) is 0 Å². The van der Waals surface area contributed by atoms with Gasteiger partial charge in [-0.15, -0.1) is 0 Å². The molecular weight excluding hydrogens is 252 g/mol. The topological polar surface area (TPSA) is 55.6 Å². The zero-order chi connectivity index (χ0) is 13.0.